The standard InChI is InChI=1S/C12H21N3OS/c1-17-7-6-9(8-13)15-12(16)10-4-2-3-5-11(10)14/h9-11H,2-7,14H2,1H3,(H,15,16)/t9-,10+,11-/m0/s1. The lowest BCUT2D eigenvalue weighted by molar-refractivity contribution is -0.126. The van der Waals surface area contributed by atoms with Gasteiger partial charge in [0.25, 0.3) is 0 Å². The molecule has 0 heterocycles. The minimum atomic E-state index is -0.371. The van der Waals surface area contributed by atoms with E-state index >= 15 is 0 Å². The third-order valence-corrected chi connectivity index (χ3v) is 3.88. The van der Waals surface area contributed by atoms with Crippen molar-refractivity contribution in [2.24, 2.45) is 11.7 Å². The smallest absolute Gasteiger partial charge is 0.225 e. The summed E-state index contributed by atoms with van der Waals surface area (Å²) in [6, 6.07) is 1.73. The molecule has 4 nitrogen and oxygen atoms in total. The molecule has 17 heavy (non-hydrogen) atoms. The van der Waals surface area contributed by atoms with Crippen LogP contribution in [0.2, 0.25) is 0 Å². The Balaban J connectivity index is 2.43. The number of amides is 1. The predicted octanol–water partition coefficient (Wildman–Crippen LogP) is 1.27. The first-order valence-electron chi connectivity index (χ1n) is 6.13. The lowest BCUT2D eigenvalue weighted by Crippen LogP contribution is -2.46. The van der Waals surface area contributed by atoms with Crippen LogP contribution in [-0.4, -0.2) is 30.0 Å². The van der Waals surface area contributed by atoms with Gasteiger partial charge in [0.1, 0.15) is 6.04 Å². The van der Waals surface area contributed by atoms with Crippen LogP contribution in [0, 0.1) is 17.2 Å². The van der Waals surface area contributed by atoms with Gasteiger partial charge in [0, 0.05) is 6.04 Å². The number of carbonyl (C=O) groups excluding carboxylic acids is 1. The molecule has 3 N–H and O–H groups in total. The average Bonchev–Trinajstić information content (AvgIpc) is 2.34. The number of nitrogens with zero attached hydrogens (tertiary/aromatic N) is 1. The summed E-state index contributed by atoms with van der Waals surface area (Å²) in [5, 5.41) is 11.8. The molecule has 3 atom stereocenters. The molecule has 0 aromatic carbocycles. The number of hydrogen-bond donors (Lipinski definition) is 2. The molecule has 0 aliphatic heterocycles. The van der Waals surface area contributed by atoms with Gasteiger partial charge >= 0.3 is 0 Å². The summed E-state index contributed by atoms with van der Waals surface area (Å²) in [7, 11) is 0. The molecule has 1 amide bonds. The lowest BCUT2D eigenvalue weighted by Gasteiger charge is -2.28. The van der Waals surface area contributed by atoms with E-state index in [9.17, 15) is 4.79 Å². The van der Waals surface area contributed by atoms with Crippen molar-refractivity contribution in [1.82, 2.24) is 5.32 Å². The van der Waals surface area contributed by atoms with E-state index in [0.29, 0.717) is 6.42 Å². The number of nitrogens with one attached hydrogen (secondary N) is 1. The second-order valence-corrected chi connectivity index (χ2v) is 5.51. The highest BCUT2D eigenvalue weighted by Gasteiger charge is 2.29. The second kappa shape index (κ2) is 7.57. The molecule has 0 radical (unpaired) electrons. The van der Waals surface area contributed by atoms with Crippen molar-refractivity contribution in [2.45, 2.75) is 44.2 Å². The number of thioether (sulfide) groups is 1. The molecule has 5 heteroatoms. The summed E-state index contributed by atoms with van der Waals surface area (Å²) in [5.74, 6) is 0.744. The van der Waals surface area contributed by atoms with Gasteiger partial charge in [-0.2, -0.15) is 17.0 Å². The average molecular weight is 255 g/mol. The molecule has 1 aliphatic rings. The quantitative estimate of drug-likeness (QED) is 0.775. The van der Waals surface area contributed by atoms with Gasteiger partial charge < -0.3 is 11.1 Å². The van der Waals surface area contributed by atoms with Crippen LogP contribution in [0.4, 0.5) is 0 Å². The van der Waals surface area contributed by atoms with E-state index in [1.54, 1.807) is 11.8 Å². The second-order valence-electron chi connectivity index (χ2n) is 4.53. The van der Waals surface area contributed by atoms with Crippen molar-refractivity contribution < 1.29 is 4.79 Å². The first-order chi connectivity index (χ1) is 8.19. The Morgan fingerprint density at radius 2 is 2.29 bits per heavy atom. The molecule has 0 bridgehead atoms. The van der Waals surface area contributed by atoms with Crippen molar-refractivity contribution in [3.8, 4) is 6.07 Å². The van der Waals surface area contributed by atoms with Crippen LogP contribution in [0.3, 0.4) is 0 Å². The van der Waals surface area contributed by atoms with Crippen LogP contribution < -0.4 is 11.1 Å². The minimum Gasteiger partial charge on any atom is -0.340 e. The SMILES string of the molecule is CSCC[C@@H](C#N)NC(=O)[C@@H]1CCCC[C@@H]1N. The third-order valence-electron chi connectivity index (χ3n) is 3.24. The van der Waals surface area contributed by atoms with E-state index in [1.807, 2.05) is 6.26 Å². The zero-order valence-electron chi connectivity index (χ0n) is 10.3. The Kier molecular flexibility index (Phi) is 6.38. The van der Waals surface area contributed by atoms with Gasteiger partial charge in [-0.3, -0.25) is 4.79 Å². The van der Waals surface area contributed by atoms with Crippen LogP contribution >= 0.6 is 11.8 Å². The summed E-state index contributed by atoms with van der Waals surface area (Å²) >= 11 is 1.68. The fourth-order valence-corrected chi connectivity index (χ4v) is 2.64. The predicted molar refractivity (Wildman–Crippen MR) is 70.5 cm³/mol. The number of nitriles is 1. The van der Waals surface area contributed by atoms with Crippen molar-refractivity contribution in [2.75, 3.05) is 12.0 Å². The lowest BCUT2D eigenvalue weighted by atomic mass is 9.84. The van der Waals surface area contributed by atoms with Gasteiger partial charge in [-0.15, -0.1) is 0 Å². The van der Waals surface area contributed by atoms with E-state index in [0.717, 1.165) is 31.4 Å². The zero-order valence-corrected chi connectivity index (χ0v) is 11.1. The molecule has 0 spiro atoms. The van der Waals surface area contributed by atoms with Crippen molar-refractivity contribution in [3.63, 3.8) is 0 Å². The van der Waals surface area contributed by atoms with Crippen molar-refractivity contribution in [3.05, 3.63) is 0 Å². The molecule has 1 rings (SSSR count). The zero-order chi connectivity index (χ0) is 12.7. The number of carbonyl (C=O) groups is 1. The molecule has 1 aliphatic carbocycles. The Morgan fingerprint density at radius 1 is 1.59 bits per heavy atom. The molecular formula is C12H21N3OS. The maximum absolute atomic E-state index is 12.0. The summed E-state index contributed by atoms with van der Waals surface area (Å²) < 4.78 is 0. The Bertz CT molecular complexity index is 290. The third kappa shape index (κ3) is 4.57. The molecule has 0 unspecified atom stereocenters. The molecule has 96 valence electrons. The molecule has 0 saturated heterocycles. The van der Waals surface area contributed by atoms with Crippen LogP contribution in [0.25, 0.3) is 0 Å². The van der Waals surface area contributed by atoms with Gasteiger partial charge in [-0.1, -0.05) is 12.8 Å². The van der Waals surface area contributed by atoms with Crippen LogP contribution in [-0.2, 0) is 4.79 Å². The first kappa shape index (κ1) is 14.3. The number of nitrogens with two attached hydrogens (primary N) is 1. The normalized spacial score (nSPS) is 25.9. The van der Waals surface area contributed by atoms with Gasteiger partial charge in [0.05, 0.1) is 12.0 Å². The molecule has 0 aromatic rings. The topological polar surface area (TPSA) is 78.9 Å². The maximum atomic E-state index is 12.0. The van der Waals surface area contributed by atoms with Crippen molar-refractivity contribution >= 4 is 17.7 Å². The summed E-state index contributed by atoms with van der Waals surface area (Å²) in [5.41, 5.74) is 5.95. The van der Waals surface area contributed by atoms with E-state index in [-0.39, 0.29) is 23.9 Å². The van der Waals surface area contributed by atoms with E-state index in [2.05, 4.69) is 11.4 Å². The Labute approximate surface area is 107 Å². The van der Waals surface area contributed by atoms with Gasteiger partial charge in [0.2, 0.25) is 5.91 Å². The van der Waals surface area contributed by atoms with Gasteiger partial charge in [-0.05, 0) is 31.3 Å². The molecular weight excluding hydrogens is 234 g/mol. The van der Waals surface area contributed by atoms with Crippen LogP contribution in [0.15, 0.2) is 0 Å². The molecule has 1 saturated carbocycles. The minimum absolute atomic E-state index is 0.0372. The largest absolute Gasteiger partial charge is 0.340 e. The summed E-state index contributed by atoms with van der Waals surface area (Å²) in [4.78, 5) is 12.0. The number of hydrogen-bond acceptors (Lipinski definition) is 4. The summed E-state index contributed by atoms with van der Waals surface area (Å²) in [6.45, 7) is 0. The fraction of sp³-hybridized carbons (Fsp3) is 0.833. The van der Waals surface area contributed by atoms with Gasteiger partial charge in [-0.25, -0.2) is 0 Å². The van der Waals surface area contributed by atoms with Crippen LogP contribution in [0.5, 0.6) is 0 Å². The highest BCUT2D eigenvalue weighted by Crippen LogP contribution is 2.23. The van der Waals surface area contributed by atoms with E-state index in [4.69, 9.17) is 11.0 Å². The van der Waals surface area contributed by atoms with Crippen molar-refractivity contribution in [1.29, 1.82) is 5.26 Å². The monoisotopic (exact) mass is 255 g/mol. The molecule has 1 fully saturated rings. The first-order valence-corrected chi connectivity index (χ1v) is 7.53. The maximum Gasteiger partial charge on any atom is 0.225 e. The highest BCUT2D eigenvalue weighted by atomic mass is 32.2. The highest BCUT2D eigenvalue weighted by molar-refractivity contribution is 7.98. The van der Waals surface area contributed by atoms with Gasteiger partial charge in [0.15, 0.2) is 0 Å². The van der Waals surface area contributed by atoms with Crippen LogP contribution in [0.1, 0.15) is 32.1 Å². The summed E-state index contributed by atoms with van der Waals surface area (Å²) in [6.07, 6.45) is 6.64. The Morgan fingerprint density at radius 3 is 2.88 bits per heavy atom. The molecule has 0 aromatic heterocycles. The fourth-order valence-electron chi connectivity index (χ4n) is 2.17. The van der Waals surface area contributed by atoms with E-state index in [1.165, 1.54) is 0 Å². The van der Waals surface area contributed by atoms with E-state index < -0.39 is 0 Å². The number of rotatable bonds is 5. The Hall–Kier alpha value is -0.730.